The van der Waals surface area contributed by atoms with Crippen molar-refractivity contribution >= 4 is 26.8 Å². The van der Waals surface area contributed by atoms with Gasteiger partial charge in [-0.1, -0.05) is 12.1 Å². The van der Waals surface area contributed by atoms with E-state index >= 15 is 0 Å². The van der Waals surface area contributed by atoms with E-state index in [1.54, 1.807) is 24.3 Å². The SMILES string of the molecule is Nc1ccc(S(=O)(=O)N2CCC(c3nc4ccccc4o3)CC2)cc1. The summed E-state index contributed by atoms with van der Waals surface area (Å²) in [7, 11) is -3.48. The number of sulfonamides is 1. The zero-order valence-corrected chi connectivity index (χ0v) is 14.4. The van der Waals surface area contributed by atoms with Gasteiger partial charge in [0.15, 0.2) is 11.5 Å². The first kappa shape index (κ1) is 16.1. The van der Waals surface area contributed by atoms with Crippen LogP contribution in [0.25, 0.3) is 11.1 Å². The second-order valence-electron chi connectivity index (χ2n) is 6.27. The fourth-order valence-electron chi connectivity index (χ4n) is 3.20. The number of nitrogen functional groups attached to an aromatic ring is 1. The lowest BCUT2D eigenvalue weighted by molar-refractivity contribution is 0.293. The van der Waals surface area contributed by atoms with Gasteiger partial charge in [0.05, 0.1) is 4.90 Å². The highest BCUT2D eigenvalue weighted by atomic mass is 32.2. The Morgan fingerprint density at radius 3 is 2.40 bits per heavy atom. The second-order valence-corrected chi connectivity index (χ2v) is 8.21. The van der Waals surface area contributed by atoms with Crippen LogP contribution in [0, 0.1) is 0 Å². The van der Waals surface area contributed by atoms with Crippen molar-refractivity contribution < 1.29 is 12.8 Å². The van der Waals surface area contributed by atoms with Gasteiger partial charge in [0.25, 0.3) is 0 Å². The Morgan fingerprint density at radius 1 is 1.04 bits per heavy atom. The Morgan fingerprint density at radius 2 is 1.72 bits per heavy atom. The number of anilines is 1. The first-order chi connectivity index (χ1) is 12.0. The quantitative estimate of drug-likeness (QED) is 0.728. The van der Waals surface area contributed by atoms with Gasteiger partial charge in [0, 0.05) is 24.7 Å². The molecule has 0 aliphatic carbocycles. The first-order valence-corrected chi connectivity index (χ1v) is 9.69. The van der Waals surface area contributed by atoms with E-state index in [0.717, 1.165) is 11.1 Å². The van der Waals surface area contributed by atoms with Gasteiger partial charge in [0.2, 0.25) is 10.0 Å². The fourth-order valence-corrected chi connectivity index (χ4v) is 4.67. The van der Waals surface area contributed by atoms with Crippen LogP contribution in [0.2, 0.25) is 0 Å². The highest BCUT2D eigenvalue weighted by Crippen LogP contribution is 2.32. The molecule has 6 nitrogen and oxygen atoms in total. The van der Waals surface area contributed by atoms with Crippen LogP contribution < -0.4 is 5.73 Å². The van der Waals surface area contributed by atoms with Crippen molar-refractivity contribution in [3.05, 3.63) is 54.4 Å². The van der Waals surface area contributed by atoms with Gasteiger partial charge in [-0.05, 0) is 49.2 Å². The average Bonchev–Trinajstić information content (AvgIpc) is 3.06. The molecule has 1 aliphatic rings. The predicted molar refractivity (Wildman–Crippen MR) is 95.6 cm³/mol. The summed E-state index contributed by atoms with van der Waals surface area (Å²) in [6.45, 7) is 0.909. The third-order valence-corrected chi connectivity index (χ3v) is 6.54. The molecule has 0 saturated carbocycles. The third kappa shape index (κ3) is 3.01. The number of oxazole rings is 1. The zero-order valence-electron chi connectivity index (χ0n) is 13.6. The molecule has 1 fully saturated rings. The average molecular weight is 357 g/mol. The summed E-state index contributed by atoms with van der Waals surface area (Å²) in [5, 5.41) is 0. The van der Waals surface area contributed by atoms with Gasteiger partial charge in [-0.15, -0.1) is 0 Å². The zero-order chi connectivity index (χ0) is 17.4. The number of piperidine rings is 1. The smallest absolute Gasteiger partial charge is 0.243 e. The highest BCUT2D eigenvalue weighted by Gasteiger charge is 2.31. The predicted octanol–water partition coefficient (Wildman–Crippen LogP) is 2.98. The maximum atomic E-state index is 12.7. The van der Waals surface area contributed by atoms with E-state index in [4.69, 9.17) is 10.2 Å². The van der Waals surface area contributed by atoms with Crippen LogP contribution in [0.1, 0.15) is 24.7 Å². The van der Waals surface area contributed by atoms with Gasteiger partial charge in [-0.2, -0.15) is 4.31 Å². The molecule has 2 N–H and O–H groups in total. The van der Waals surface area contributed by atoms with Crippen LogP contribution >= 0.6 is 0 Å². The molecule has 0 radical (unpaired) electrons. The van der Waals surface area contributed by atoms with Crippen LogP contribution in [-0.2, 0) is 10.0 Å². The topological polar surface area (TPSA) is 89.4 Å². The number of aromatic nitrogens is 1. The molecule has 1 aromatic heterocycles. The molecule has 3 aromatic rings. The number of benzene rings is 2. The van der Waals surface area contributed by atoms with Crippen LogP contribution in [0.3, 0.4) is 0 Å². The van der Waals surface area contributed by atoms with E-state index in [1.807, 2.05) is 24.3 Å². The molecular formula is C18H19N3O3S. The van der Waals surface area contributed by atoms with Gasteiger partial charge in [-0.3, -0.25) is 0 Å². The lowest BCUT2D eigenvalue weighted by Crippen LogP contribution is -2.37. The summed E-state index contributed by atoms with van der Waals surface area (Å²) < 4.78 is 32.8. The summed E-state index contributed by atoms with van der Waals surface area (Å²) in [6.07, 6.45) is 1.39. The monoisotopic (exact) mass is 357 g/mol. The van der Waals surface area contributed by atoms with Crippen molar-refractivity contribution in [2.45, 2.75) is 23.7 Å². The van der Waals surface area contributed by atoms with Gasteiger partial charge < -0.3 is 10.2 Å². The summed E-state index contributed by atoms with van der Waals surface area (Å²) in [5.74, 6) is 0.844. The number of hydrogen-bond donors (Lipinski definition) is 1. The summed E-state index contributed by atoms with van der Waals surface area (Å²) in [6, 6.07) is 14.0. The van der Waals surface area contributed by atoms with E-state index in [0.29, 0.717) is 37.5 Å². The standard InChI is InChI=1S/C18H19N3O3S/c19-14-5-7-15(8-6-14)25(22,23)21-11-9-13(10-12-21)18-20-16-3-1-2-4-17(16)24-18/h1-8,13H,9-12,19H2. The number of para-hydroxylation sites is 2. The van der Waals surface area contributed by atoms with Crippen molar-refractivity contribution in [2.24, 2.45) is 0 Å². The molecule has 0 unspecified atom stereocenters. The molecule has 0 bridgehead atoms. The normalized spacial score (nSPS) is 17.1. The minimum Gasteiger partial charge on any atom is -0.440 e. The molecular weight excluding hydrogens is 338 g/mol. The Kier molecular flexibility index (Phi) is 3.97. The van der Waals surface area contributed by atoms with Crippen molar-refractivity contribution in [1.29, 1.82) is 0 Å². The summed E-state index contributed by atoms with van der Waals surface area (Å²) in [5.41, 5.74) is 7.80. The number of nitrogens with two attached hydrogens (primary N) is 1. The fraction of sp³-hybridized carbons (Fsp3) is 0.278. The molecule has 2 aromatic carbocycles. The minimum atomic E-state index is -3.48. The van der Waals surface area contributed by atoms with Crippen LogP contribution in [0.4, 0.5) is 5.69 Å². The summed E-state index contributed by atoms with van der Waals surface area (Å²) in [4.78, 5) is 4.82. The van der Waals surface area contributed by atoms with Gasteiger partial charge in [0.1, 0.15) is 5.52 Å². The van der Waals surface area contributed by atoms with Crippen molar-refractivity contribution in [3.63, 3.8) is 0 Å². The highest BCUT2D eigenvalue weighted by molar-refractivity contribution is 7.89. The van der Waals surface area contributed by atoms with Gasteiger partial charge >= 0.3 is 0 Å². The second kappa shape index (κ2) is 6.16. The van der Waals surface area contributed by atoms with Crippen molar-refractivity contribution in [2.75, 3.05) is 18.8 Å². The number of nitrogens with zero attached hydrogens (tertiary/aromatic N) is 2. The lowest BCUT2D eigenvalue weighted by Gasteiger charge is -2.29. The molecule has 0 spiro atoms. The van der Waals surface area contributed by atoms with E-state index < -0.39 is 10.0 Å². The van der Waals surface area contributed by atoms with Crippen LogP contribution in [-0.4, -0.2) is 30.8 Å². The van der Waals surface area contributed by atoms with Crippen molar-refractivity contribution in [1.82, 2.24) is 9.29 Å². The molecule has 130 valence electrons. The summed E-state index contributed by atoms with van der Waals surface area (Å²) >= 11 is 0. The number of hydrogen-bond acceptors (Lipinski definition) is 5. The third-order valence-electron chi connectivity index (χ3n) is 4.63. The molecule has 4 rings (SSSR count). The maximum absolute atomic E-state index is 12.7. The molecule has 25 heavy (non-hydrogen) atoms. The number of fused-ring (bicyclic) bond motifs is 1. The Labute approximate surface area is 146 Å². The van der Waals surface area contributed by atoms with Gasteiger partial charge in [-0.25, -0.2) is 13.4 Å². The van der Waals surface area contributed by atoms with Crippen molar-refractivity contribution in [3.8, 4) is 0 Å². The van der Waals surface area contributed by atoms with E-state index in [9.17, 15) is 8.42 Å². The van der Waals surface area contributed by atoms with Crippen LogP contribution in [0.15, 0.2) is 57.8 Å². The Bertz CT molecular complexity index is 955. The molecule has 1 saturated heterocycles. The molecule has 2 heterocycles. The van der Waals surface area contributed by atoms with E-state index in [1.165, 1.54) is 4.31 Å². The van der Waals surface area contributed by atoms with E-state index in [2.05, 4.69) is 4.98 Å². The molecule has 0 atom stereocenters. The molecule has 0 amide bonds. The molecule has 1 aliphatic heterocycles. The van der Waals surface area contributed by atoms with E-state index in [-0.39, 0.29) is 10.8 Å². The minimum absolute atomic E-state index is 0.144. The Balaban J connectivity index is 1.50. The maximum Gasteiger partial charge on any atom is 0.243 e. The van der Waals surface area contributed by atoms with Crippen LogP contribution in [0.5, 0.6) is 0 Å². The molecule has 7 heteroatoms. The number of rotatable bonds is 3. The Hall–Kier alpha value is -2.38. The first-order valence-electron chi connectivity index (χ1n) is 8.25. The largest absolute Gasteiger partial charge is 0.440 e. The lowest BCUT2D eigenvalue weighted by atomic mass is 9.98.